The van der Waals surface area contributed by atoms with Gasteiger partial charge in [0.2, 0.25) is 0 Å². The first-order valence-electron chi connectivity index (χ1n) is 9.23. The molecule has 0 fully saturated rings. The molecule has 0 amide bonds. The standard InChI is InChI=1S/C23H23N3O2/c1-14-12-17(20(28)13-19(14)27)21-25-18-6-5-11-24-22(18)26(21)16-9-7-15(8-10-16)23(2,3)4/h5-13,27-28H,1-4H3. The fourth-order valence-corrected chi connectivity index (χ4v) is 3.31. The summed E-state index contributed by atoms with van der Waals surface area (Å²) in [5, 5.41) is 20.4. The van der Waals surface area contributed by atoms with Crippen LogP contribution in [0.3, 0.4) is 0 Å². The van der Waals surface area contributed by atoms with E-state index < -0.39 is 0 Å². The van der Waals surface area contributed by atoms with E-state index >= 15 is 0 Å². The summed E-state index contributed by atoms with van der Waals surface area (Å²) >= 11 is 0. The van der Waals surface area contributed by atoms with Crippen molar-refractivity contribution in [1.29, 1.82) is 0 Å². The highest BCUT2D eigenvalue weighted by Crippen LogP contribution is 2.37. The Kier molecular flexibility index (Phi) is 4.11. The van der Waals surface area contributed by atoms with E-state index in [1.54, 1.807) is 19.2 Å². The second-order valence-electron chi connectivity index (χ2n) is 8.07. The fraction of sp³-hybridized carbons (Fsp3) is 0.217. The SMILES string of the molecule is Cc1cc(-c2nc3cccnc3n2-c2ccc(C(C)(C)C)cc2)c(O)cc1O. The van der Waals surface area contributed by atoms with Gasteiger partial charge in [-0.25, -0.2) is 9.97 Å². The van der Waals surface area contributed by atoms with Gasteiger partial charge in [0.05, 0.1) is 5.56 Å². The first kappa shape index (κ1) is 18.0. The molecule has 5 nitrogen and oxygen atoms in total. The summed E-state index contributed by atoms with van der Waals surface area (Å²) in [6.45, 7) is 8.33. The van der Waals surface area contributed by atoms with Crippen LogP contribution >= 0.6 is 0 Å². The third-order valence-electron chi connectivity index (χ3n) is 4.96. The lowest BCUT2D eigenvalue weighted by Gasteiger charge is -2.19. The van der Waals surface area contributed by atoms with Crippen LogP contribution in [0.2, 0.25) is 0 Å². The molecule has 0 saturated heterocycles. The Morgan fingerprint density at radius 2 is 1.64 bits per heavy atom. The molecule has 4 rings (SSSR count). The van der Waals surface area contributed by atoms with Crippen molar-refractivity contribution < 1.29 is 10.2 Å². The minimum atomic E-state index is -0.0223. The molecule has 0 unspecified atom stereocenters. The first-order chi connectivity index (χ1) is 13.3. The number of pyridine rings is 1. The normalized spacial score (nSPS) is 11.9. The summed E-state index contributed by atoms with van der Waals surface area (Å²) in [4.78, 5) is 9.23. The van der Waals surface area contributed by atoms with Crippen LogP contribution in [0.15, 0.2) is 54.7 Å². The van der Waals surface area contributed by atoms with Crippen LogP contribution in [0.25, 0.3) is 28.2 Å². The summed E-state index contributed by atoms with van der Waals surface area (Å²) in [5.41, 5.74) is 4.88. The number of benzene rings is 2. The van der Waals surface area contributed by atoms with E-state index in [1.165, 1.54) is 11.6 Å². The van der Waals surface area contributed by atoms with E-state index in [2.05, 4.69) is 37.9 Å². The summed E-state index contributed by atoms with van der Waals surface area (Å²) in [6, 6.07) is 15.1. The zero-order chi connectivity index (χ0) is 20.1. The third-order valence-corrected chi connectivity index (χ3v) is 4.96. The predicted molar refractivity (Wildman–Crippen MR) is 111 cm³/mol. The van der Waals surface area contributed by atoms with Crippen molar-refractivity contribution in [1.82, 2.24) is 14.5 Å². The number of imidazole rings is 1. The van der Waals surface area contributed by atoms with Gasteiger partial charge in [0.25, 0.3) is 0 Å². The number of aromatic nitrogens is 3. The largest absolute Gasteiger partial charge is 0.508 e. The van der Waals surface area contributed by atoms with E-state index in [4.69, 9.17) is 4.98 Å². The molecule has 2 aromatic carbocycles. The molecule has 4 aromatic rings. The number of nitrogens with zero attached hydrogens (tertiary/aromatic N) is 3. The smallest absolute Gasteiger partial charge is 0.164 e. The van der Waals surface area contributed by atoms with E-state index in [0.717, 1.165) is 11.2 Å². The number of hydrogen-bond donors (Lipinski definition) is 2. The number of rotatable bonds is 2. The number of hydrogen-bond acceptors (Lipinski definition) is 4. The van der Waals surface area contributed by atoms with Crippen molar-refractivity contribution in [3.05, 3.63) is 65.9 Å². The Balaban J connectivity index is 1.98. The van der Waals surface area contributed by atoms with Crippen LogP contribution in [-0.2, 0) is 5.41 Å². The molecule has 0 aliphatic carbocycles. The fourth-order valence-electron chi connectivity index (χ4n) is 3.31. The number of fused-ring (bicyclic) bond motifs is 1. The van der Waals surface area contributed by atoms with Crippen molar-refractivity contribution in [3.63, 3.8) is 0 Å². The molecule has 5 heteroatoms. The summed E-state index contributed by atoms with van der Waals surface area (Å²) in [6.07, 6.45) is 1.73. The van der Waals surface area contributed by atoms with Gasteiger partial charge in [-0.2, -0.15) is 0 Å². The molecule has 0 spiro atoms. The Morgan fingerprint density at radius 1 is 0.929 bits per heavy atom. The molecule has 2 heterocycles. The minimum absolute atomic E-state index is 0.0223. The maximum Gasteiger partial charge on any atom is 0.164 e. The molecule has 142 valence electrons. The van der Waals surface area contributed by atoms with Crippen LogP contribution in [-0.4, -0.2) is 24.7 Å². The number of phenols is 2. The lowest BCUT2D eigenvalue weighted by atomic mass is 9.87. The average Bonchev–Trinajstić information content (AvgIpc) is 3.03. The van der Waals surface area contributed by atoms with Crippen molar-refractivity contribution in [3.8, 4) is 28.6 Å². The van der Waals surface area contributed by atoms with Crippen molar-refractivity contribution >= 4 is 11.2 Å². The summed E-state index contributed by atoms with van der Waals surface area (Å²) < 4.78 is 1.94. The Morgan fingerprint density at radius 3 is 2.32 bits per heavy atom. The highest BCUT2D eigenvalue weighted by Gasteiger charge is 2.20. The molecule has 2 aromatic heterocycles. The van der Waals surface area contributed by atoms with Crippen molar-refractivity contribution in [2.75, 3.05) is 0 Å². The van der Waals surface area contributed by atoms with Gasteiger partial charge in [0.1, 0.15) is 17.0 Å². The van der Waals surface area contributed by atoms with Gasteiger partial charge >= 0.3 is 0 Å². The third kappa shape index (κ3) is 2.99. The number of aryl methyl sites for hydroxylation is 1. The van der Waals surface area contributed by atoms with Gasteiger partial charge in [0, 0.05) is 18.0 Å². The second kappa shape index (κ2) is 6.37. The van der Waals surface area contributed by atoms with E-state index in [1.807, 2.05) is 28.8 Å². The summed E-state index contributed by atoms with van der Waals surface area (Å²) in [7, 11) is 0. The highest BCUT2D eigenvalue weighted by atomic mass is 16.3. The molecule has 28 heavy (non-hydrogen) atoms. The number of phenolic OH excluding ortho intramolecular Hbond substituents is 2. The molecular formula is C23H23N3O2. The second-order valence-corrected chi connectivity index (χ2v) is 8.07. The lowest BCUT2D eigenvalue weighted by Crippen LogP contribution is -2.11. The first-order valence-corrected chi connectivity index (χ1v) is 9.23. The molecule has 0 aliphatic rings. The summed E-state index contributed by atoms with van der Waals surface area (Å²) in [5.74, 6) is 0.611. The Labute approximate surface area is 163 Å². The van der Waals surface area contributed by atoms with Gasteiger partial charge in [-0.05, 0) is 53.8 Å². The van der Waals surface area contributed by atoms with E-state index in [-0.39, 0.29) is 16.9 Å². The van der Waals surface area contributed by atoms with Crippen LogP contribution in [0, 0.1) is 6.92 Å². The quantitative estimate of drug-likeness (QED) is 0.512. The highest BCUT2D eigenvalue weighted by molar-refractivity contribution is 5.82. The van der Waals surface area contributed by atoms with Gasteiger partial charge < -0.3 is 10.2 Å². The lowest BCUT2D eigenvalue weighted by molar-refractivity contribution is 0.449. The number of aromatic hydroxyl groups is 2. The molecule has 2 N–H and O–H groups in total. The van der Waals surface area contributed by atoms with Crippen LogP contribution in [0.1, 0.15) is 31.9 Å². The van der Waals surface area contributed by atoms with Gasteiger partial charge in [-0.1, -0.05) is 32.9 Å². The minimum Gasteiger partial charge on any atom is -0.508 e. The van der Waals surface area contributed by atoms with Gasteiger partial charge in [-0.15, -0.1) is 0 Å². The topological polar surface area (TPSA) is 71.2 Å². The molecule has 0 aliphatic heterocycles. The zero-order valence-electron chi connectivity index (χ0n) is 16.4. The average molecular weight is 373 g/mol. The van der Waals surface area contributed by atoms with E-state index in [0.29, 0.717) is 22.6 Å². The maximum absolute atomic E-state index is 10.5. The molecule has 0 atom stereocenters. The molecular weight excluding hydrogens is 350 g/mol. The van der Waals surface area contributed by atoms with E-state index in [9.17, 15) is 10.2 Å². The van der Waals surface area contributed by atoms with Crippen LogP contribution in [0.5, 0.6) is 11.5 Å². The molecule has 0 bridgehead atoms. The van der Waals surface area contributed by atoms with Gasteiger partial charge in [-0.3, -0.25) is 4.57 Å². The van der Waals surface area contributed by atoms with Crippen molar-refractivity contribution in [2.45, 2.75) is 33.1 Å². The predicted octanol–water partition coefficient (Wildman–Crippen LogP) is 5.10. The van der Waals surface area contributed by atoms with Crippen LogP contribution < -0.4 is 0 Å². The van der Waals surface area contributed by atoms with Crippen LogP contribution in [0.4, 0.5) is 0 Å². The Bertz CT molecular complexity index is 1170. The van der Waals surface area contributed by atoms with Crippen molar-refractivity contribution in [2.24, 2.45) is 0 Å². The molecule has 0 saturated carbocycles. The monoisotopic (exact) mass is 373 g/mol. The Hall–Kier alpha value is -3.34. The zero-order valence-corrected chi connectivity index (χ0v) is 16.4. The maximum atomic E-state index is 10.5. The van der Waals surface area contributed by atoms with Gasteiger partial charge in [0.15, 0.2) is 11.5 Å². The molecule has 0 radical (unpaired) electrons.